The van der Waals surface area contributed by atoms with Crippen LogP contribution in [0.15, 0.2) is 54.7 Å². The van der Waals surface area contributed by atoms with E-state index in [1.807, 2.05) is 12.1 Å². The highest BCUT2D eigenvalue weighted by atomic mass is 19.1. The summed E-state index contributed by atoms with van der Waals surface area (Å²) in [6.07, 6.45) is 1.61. The van der Waals surface area contributed by atoms with E-state index >= 15 is 0 Å². The number of carbonyl (C=O) groups is 2. The molecule has 0 fully saturated rings. The van der Waals surface area contributed by atoms with E-state index in [1.165, 1.54) is 0 Å². The lowest BCUT2D eigenvalue weighted by Gasteiger charge is -2.09. The van der Waals surface area contributed by atoms with Crippen LogP contribution in [-0.2, 0) is 4.79 Å². The molecule has 0 unspecified atom stereocenters. The van der Waals surface area contributed by atoms with Crippen LogP contribution in [0, 0.1) is 11.6 Å². The van der Waals surface area contributed by atoms with Crippen molar-refractivity contribution in [2.75, 3.05) is 11.9 Å². The Morgan fingerprint density at radius 1 is 1.04 bits per heavy atom. The number of nitrogens with zero attached hydrogens (tertiary/aromatic N) is 1. The van der Waals surface area contributed by atoms with Gasteiger partial charge in [-0.05, 0) is 24.3 Å². The number of benzene rings is 2. The summed E-state index contributed by atoms with van der Waals surface area (Å²) in [6.45, 7) is -0.362. The SMILES string of the molecule is O=C(CNC(=O)c1ccc(F)cc1F)Nc1cccc2cccnc12. The predicted octanol–water partition coefficient (Wildman–Crippen LogP) is 2.88. The van der Waals surface area contributed by atoms with Crippen LogP contribution in [0.25, 0.3) is 10.9 Å². The summed E-state index contributed by atoms with van der Waals surface area (Å²) in [6, 6.07) is 11.6. The summed E-state index contributed by atoms with van der Waals surface area (Å²) in [5, 5.41) is 5.80. The molecule has 0 aliphatic rings. The Balaban J connectivity index is 1.65. The number of hydrogen-bond donors (Lipinski definition) is 2. The fraction of sp³-hybridized carbons (Fsp3) is 0.0556. The van der Waals surface area contributed by atoms with Crippen LogP contribution in [0.4, 0.5) is 14.5 Å². The fourth-order valence-electron chi connectivity index (χ4n) is 2.33. The average Bonchev–Trinajstić information content (AvgIpc) is 2.60. The van der Waals surface area contributed by atoms with Gasteiger partial charge in [0.2, 0.25) is 5.91 Å². The lowest BCUT2D eigenvalue weighted by atomic mass is 10.2. The number of nitrogens with one attached hydrogen (secondary N) is 2. The molecule has 0 bridgehead atoms. The number of rotatable bonds is 4. The molecular formula is C18H13F2N3O2. The Morgan fingerprint density at radius 3 is 2.64 bits per heavy atom. The number of aromatic nitrogens is 1. The molecule has 0 atom stereocenters. The van der Waals surface area contributed by atoms with E-state index in [-0.39, 0.29) is 12.1 Å². The number of anilines is 1. The molecule has 0 saturated heterocycles. The van der Waals surface area contributed by atoms with Crippen molar-refractivity contribution in [1.82, 2.24) is 10.3 Å². The van der Waals surface area contributed by atoms with E-state index in [0.717, 1.165) is 17.5 Å². The first kappa shape index (κ1) is 16.5. The van der Waals surface area contributed by atoms with E-state index in [2.05, 4.69) is 15.6 Å². The zero-order chi connectivity index (χ0) is 17.8. The van der Waals surface area contributed by atoms with E-state index in [1.54, 1.807) is 24.4 Å². The number of amides is 2. The summed E-state index contributed by atoms with van der Waals surface area (Å²) in [5.41, 5.74) is 0.792. The normalized spacial score (nSPS) is 10.5. The second-order valence-corrected chi connectivity index (χ2v) is 5.24. The molecule has 0 aliphatic carbocycles. The number of para-hydroxylation sites is 1. The summed E-state index contributed by atoms with van der Waals surface area (Å²) in [7, 11) is 0. The minimum atomic E-state index is -0.990. The zero-order valence-corrected chi connectivity index (χ0v) is 12.9. The van der Waals surface area contributed by atoms with Gasteiger partial charge in [0.05, 0.1) is 23.3 Å². The monoisotopic (exact) mass is 341 g/mol. The summed E-state index contributed by atoms with van der Waals surface area (Å²) in [5.74, 6) is -3.07. The second kappa shape index (κ2) is 7.04. The molecular weight excluding hydrogens is 328 g/mol. The lowest BCUT2D eigenvalue weighted by molar-refractivity contribution is -0.115. The van der Waals surface area contributed by atoms with Gasteiger partial charge < -0.3 is 10.6 Å². The molecule has 2 aromatic carbocycles. The predicted molar refractivity (Wildman–Crippen MR) is 89.1 cm³/mol. The molecule has 5 nitrogen and oxygen atoms in total. The van der Waals surface area contributed by atoms with E-state index in [4.69, 9.17) is 0 Å². The molecule has 1 heterocycles. The first-order chi connectivity index (χ1) is 12.0. The maximum atomic E-state index is 13.5. The molecule has 2 amide bonds. The zero-order valence-electron chi connectivity index (χ0n) is 12.9. The van der Waals surface area contributed by atoms with Crippen molar-refractivity contribution in [2.24, 2.45) is 0 Å². The highest BCUT2D eigenvalue weighted by Gasteiger charge is 2.14. The Bertz CT molecular complexity index is 955. The maximum Gasteiger partial charge on any atom is 0.254 e. The topological polar surface area (TPSA) is 71.1 Å². The standard InChI is InChI=1S/C18H13F2N3O2/c19-12-6-7-13(14(20)9-12)18(25)22-10-16(24)23-15-5-1-3-11-4-2-8-21-17(11)15/h1-9H,10H2,(H,22,25)(H,23,24). The molecule has 0 spiro atoms. The summed E-state index contributed by atoms with van der Waals surface area (Å²) < 4.78 is 26.4. The molecule has 126 valence electrons. The van der Waals surface area contributed by atoms with Crippen LogP contribution >= 0.6 is 0 Å². The first-order valence-corrected chi connectivity index (χ1v) is 7.41. The van der Waals surface area contributed by atoms with Gasteiger partial charge in [-0.1, -0.05) is 18.2 Å². The molecule has 2 N–H and O–H groups in total. The smallest absolute Gasteiger partial charge is 0.254 e. The summed E-state index contributed by atoms with van der Waals surface area (Å²) >= 11 is 0. The van der Waals surface area contributed by atoms with Gasteiger partial charge in [0.1, 0.15) is 11.6 Å². The van der Waals surface area contributed by atoms with Gasteiger partial charge in [0.25, 0.3) is 5.91 Å². The molecule has 7 heteroatoms. The Labute approximate surface area is 141 Å². The quantitative estimate of drug-likeness (QED) is 0.766. The first-order valence-electron chi connectivity index (χ1n) is 7.41. The van der Waals surface area contributed by atoms with Crippen molar-refractivity contribution in [2.45, 2.75) is 0 Å². The largest absolute Gasteiger partial charge is 0.343 e. The molecule has 0 aliphatic heterocycles. The van der Waals surface area contributed by atoms with E-state index < -0.39 is 23.4 Å². The molecule has 1 aromatic heterocycles. The highest BCUT2D eigenvalue weighted by molar-refractivity contribution is 6.03. The Hall–Kier alpha value is -3.35. The van der Waals surface area contributed by atoms with Gasteiger partial charge >= 0.3 is 0 Å². The molecule has 3 rings (SSSR count). The van der Waals surface area contributed by atoms with Crippen LogP contribution in [-0.4, -0.2) is 23.3 Å². The Morgan fingerprint density at radius 2 is 1.84 bits per heavy atom. The van der Waals surface area contributed by atoms with Crippen molar-refractivity contribution in [3.05, 3.63) is 71.9 Å². The fourth-order valence-corrected chi connectivity index (χ4v) is 2.33. The van der Waals surface area contributed by atoms with Gasteiger partial charge in [-0.3, -0.25) is 14.6 Å². The van der Waals surface area contributed by atoms with Crippen LogP contribution < -0.4 is 10.6 Å². The van der Waals surface area contributed by atoms with Gasteiger partial charge in [0, 0.05) is 17.6 Å². The van der Waals surface area contributed by atoms with Crippen molar-refractivity contribution >= 4 is 28.4 Å². The third-order valence-electron chi connectivity index (χ3n) is 3.49. The number of carbonyl (C=O) groups excluding carboxylic acids is 2. The Kier molecular flexibility index (Phi) is 4.65. The second-order valence-electron chi connectivity index (χ2n) is 5.24. The minimum Gasteiger partial charge on any atom is -0.343 e. The van der Waals surface area contributed by atoms with E-state index in [0.29, 0.717) is 17.3 Å². The minimum absolute atomic E-state index is 0.332. The number of pyridine rings is 1. The average molecular weight is 341 g/mol. The van der Waals surface area contributed by atoms with Gasteiger partial charge in [-0.25, -0.2) is 8.78 Å². The lowest BCUT2D eigenvalue weighted by Crippen LogP contribution is -2.33. The van der Waals surface area contributed by atoms with Gasteiger partial charge in [0.15, 0.2) is 0 Å². The number of fused-ring (bicyclic) bond motifs is 1. The van der Waals surface area contributed by atoms with Crippen molar-refractivity contribution in [3.63, 3.8) is 0 Å². The molecule has 25 heavy (non-hydrogen) atoms. The van der Waals surface area contributed by atoms with Crippen LogP contribution in [0.5, 0.6) is 0 Å². The van der Waals surface area contributed by atoms with Gasteiger partial charge in [-0.2, -0.15) is 0 Å². The third kappa shape index (κ3) is 3.77. The van der Waals surface area contributed by atoms with Crippen LogP contribution in [0.2, 0.25) is 0 Å². The maximum absolute atomic E-state index is 13.5. The molecule has 3 aromatic rings. The van der Waals surface area contributed by atoms with Crippen molar-refractivity contribution in [1.29, 1.82) is 0 Å². The van der Waals surface area contributed by atoms with Crippen molar-refractivity contribution < 1.29 is 18.4 Å². The molecule has 0 radical (unpaired) electrons. The van der Waals surface area contributed by atoms with Crippen molar-refractivity contribution in [3.8, 4) is 0 Å². The van der Waals surface area contributed by atoms with Gasteiger partial charge in [-0.15, -0.1) is 0 Å². The van der Waals surface area contributed by atoms with Crippen LogP contribution in [0.3, 0.4) is 0 Å². The highest BCUT2D eigenvalue weighted by Crippen LogP contribution is 2.20. The van der Waals surface area contributed by atoms with Crippen LogP contribution in [0.1, 0.15) is 10.4 Å². The number of halogens is 2. The van der Waals surface area contributed by atoms with E-state index in [9.17, 15) is 18.4 Å². The summed E-state index contributed by atoms with van der Waals surface area (Å²) in [4.78, 5) is 28.1. The third-order valence-corrected chi connectivity index (χ3v) is 3.49. The number of hydrogen-bond acceptors (Lipinski definition) is 3. The molecule has 0 saturated carbocycles.